The molecule has 10 nitrogen and oxygen atoms in total. The topological polar surface area (TPSA) is 114 Å². The fraction of sp³-hybridized carbons (Fsp3) is 0.172. The van der Waals surface area contributed by atoms with Crippen molar-refractivity contribution in [1.82, 2.24) is 15.2 Å². The van der Waals surface area contributed by atoms with Crippen molar-refractivity contribution in [2.45, 2.75) is 26.7 Å². The second-order valence-corrected chi connectivity index (χ2v) is 8.64. The average molecular weight is 529 g/mol. The number of ether oxygens (including phenoxy) is 2. The zero-order chi connectivity index (χ0) is 27.6. The summed E-state index contributed by atoms with van der Waals surface area (Å²) in [6.45, 7) is 1.80. The van der Waals surface area contributed by atoms with Gasteiger partial charge in [0.15, 0.2) is 5.69 Å². The number of benzene rings is 3. The van der Waals surface area contributed by atoms with Crippen molar-refractivity contribution >= 4 is 23.8 Å². The first kappa shape index (κ1) is 26.9. The number of nitrogens with zero attached hydrogens (tertiary/aromatic N) is 3. The number of carbonyl (C=O) groups is 3. The molecule has 0 spiro atoms. The highest BCUT2D eigenvalue weighted by atomic mass is 16.6. The van der Waals surface area contributed by atoms with E-state index in [1.165, 1.54) is 13.1 Å². The molecule has 0 radical (unpaired) electrons. The highest BCUT2D eigenvalue weighted by Gasteiger charge is 2.26. The summed E-state index contributed by atoms with van der Waals surface area (Å²) in [4.78, 5) is 38.3. The van der Waals surface area contributed by atoms with Crippen molar-refractivity contribution in [3.8, 4) is 0 Å². The highest BCUT2D eigenvalue weighted by molar-refractivity contribution is 6.02. The maximum absolute atomic E-state index is 13.1. The van der Waals surface area contributed by atoms with Gasteiger partial charge in [0.25, 0.3) is 5.91 Å². The first-order chi connectivity index (χ1) is 18.9. The van der Waals surface area contributed by atoms with E-state index in [-0.39, 0.29) is 25.5 Å². The van der Waals surface area contributed by atoms with Crippen molar-refractivity contribution in [2.75, 3.05) is 12.4 Å². The highest BCUT2D eigenvalue weighted by Crippen LogP contribution is 2.16. The Morgan fingerprint density at radius 3 is 1.90 bits per heavy atom. The van der Waals surface area contributed by atoms with Crippen LogP contribution in [0.1, 0.15) is 32.9 Å². The van der Waals surface area contributed by atoms with Crippen LogP contribution in [0.15, 0.2) is 95.5 Å². The Kier molecular flexibility index (Phi) is 8.91. The van der Waals surface area contributed by atoms with Gasteiger partial charge < -0.3 is 19.3 Å². The van der Waals surface area contributed by atoms with Crippen LogP contribution in [0.5, 0.6) is 0 Å². The van der Waals surface area contributed by atoms with Crippen LogP contribution in [-0.2, 0) is 29.2 Å². The van der Waals surface area contributed by atoms with Gasteiger partial charge in [0.2, 0.25) is 0 Å². The molecule has 200 valence electrons. The van der Waals surface area contributed by atoms with Crippen molar-refractivity contribution in [3.63, 3.8) is 0 Å². The van der Waals surface area contributed by atoms with Crippen LogP contribution in [0.3, 0.4) is 0 Å². The van der Waals surface area contributed by atoms with Gasteiger partial charge in [-0.2, -0.15) is 0 Å². The lowest BCUT2D eigenvalue weighted by molar-refractivity contribution is -0.0167. The second-order valence-electron chi connectivity index (χ2n) is 8.64. The molecule has 1 aromatic heterocycles. The van der Waals surface area contributed by atoms with Crippen molar-refractivity contribution in [1.29, 1.82) is 0 Å². The first-order valence-electron chi connectivity index (χ1n) is 12.1. The van der Waals surface area contributed by atoms with Gasteiger partial charge in [-0.3, -0.25) is 4.79 Å². The molecule has 0 bridgehead atoms. The van der Waals surface area contributed by atoms with E-state index >= 15 is 0 Å². The zero-order valence-electron chi connectivity index (χ0n) is 21.6. The van der Waals surface area contributed by atoms with Crippen molar-refractivity contribution in [2.24, 2.45) is 0 Å². The number of aryl methyl sites for hydroxylation is 1. The number of nitrogens with one attached hydrogen (secondary N) is 1. The monoisotopic (exact) mass is 528 g/mol. The molecule has 1 heterocycles. The normalized spacial score (nSPS) is 10.4. The smallest absolute Gasteiger partial charge is 0.429 e. The van der Waals surface area contributed by atoms with Gasteiger partial charge in [-0.15, -0.1) is 0 Å². The molecule has 4 rings (SSSR count). The Labute approximate surface area is 225 Å². The van der Waals surface area contributed by atoms with Crippen LogP contribution in [0.4, 0.5) is 15.3 Å². The molecule has 1 N–H and O–H groups in total. The summed E-state index contributed by atoms with van der Waals surface area (Å²) in [6, 6.07) is 26.8. The van der Waals surface area contributed by atoms with Gasteiger partial charge in [-0.05, 0) is 35.7 Å². The maximum Gasteiger partial charge on any atom is 0.429 e. The minimum atomic E-state index is -0.725. The minimum absolute atomic E-state index is 0.0151. The van der Waals surface area contributed by atoms with E-state index in [9.17, 15) is 14.4 Å². The van der Waals surface area contributed by atoms with E-state index in [1.54, 1.807) is 31.2 Å². The molecule has 0 aliphatic heterocycles. The lowest BCUT2D eigenvalue weighted by atomic mass is 10.2. The molecular formula is C29H28N4O6. The fourth-order valence-corrected chi connectivity index (χ4v) is 3.53. The second kappa shape index (κ2) is 12.9. The number of aromatic nitrogens is 1. The van der Waals surface area contributed by atoms with Crippen LogP contribution in [0, 0.1) is 6.92 Å². The summed E-state index contributed by atoms with van der Waals surface area (Å²) < 4.78 is 15.8. The molecule has 0 atom stereocenters. The van der Waals surface area contributed by atoms with E-state index in [0.29, 0.717) is 17.0 Å². The lowest BCUT2D eigenvalue weighted by Crippen LogP contribution is -2.47. The van der Waals surface area contributed by atoms with Crippen LogP contribution >= 0.6 is 0 Å². The number of carbonyl (C=O) groups excluding carboxylic acids is 3. The third-order valence-electron chi connectivity index (χ3n) is 5.65. The largest absolute Gasteiger partial charge is 0.443 e. The predicted octanol–water partition coefficient (Wildman–Crippen LogP) is 5.56. The summed E-state index contributed by atoms with van der Waals surface area (Å²) in [6.07, 6.45) is -1.45. The van der Waals surface area contributed by atoms with Crippen LogP contribution in [0.2, 0.25) is 0 Å². The Balaban J connectivity index is 1.43. The van der Waals surface area contributed by atoms with Gasteiger partial charge in [0.1, 0.15) is 19.0 Å². The Morgan fingerprint density at radius 1 is 0.795 bits per heavy atom. The van der Waals surface area contributed by atoms with Crippen LogP contribution < -0.4 is 5.32 Å². The van der Waals surface area contributed by atoms with E-state index in [4.69, 9.17) is 14.0 Å². The van der Waals surface area contributed by atoms with Crippen molar-refractivity contribution < 1.29 is 28.4 Å². The predicted molar refractivity (Wildman–Crippen MR) is 142 cm³/mol. The van der Waals surface area contributed by atoms with Crippen LogP contribution in [0.25, 0.3) is 0 Å². The molecule has 3 aromatic carbocycles. The molecule has 0 fully saturated rings. The Hall–Kier alpha value is -5.12. The Bertz CT molecular complexity index is 1390. The number of hydrogen-bond acceptors (Lipinski definition) is 7. The number of rotatable bonds is 8. The van der Waals surface area contributed by atoms with E-state index in [0.717, 1.165) is 21.1 Å². The molecule has 0 unspecified atom stereocenters. The van der Waals surface area contributed by atoms with E-state index in [1.807, 2.05) is 60.7 Å². The molecule has 3 amide bonds. The zero-order valence-corrected chi connectivity index (χ0v) is 21.6. The molecule has 39 heavy (non-hydrogen) atoms. The lowest BCUT2D eigenvalue weighted by Gasteiger charge is -2.30. The van der Waals surface area contributed by atoms with Gasteiger partial charge >= 0.3 is 12.2 Å². The molecular weight excluding hydrogens is 500 g/mol. The van der Waals surface area contributed by atoms with Gasteiger partial charge in [0, 0.05) is 18.8 Å². The van der Waals surface area contributed by atoms with Gasteiger partial charge in [-0.1, -0.05) is 78.0 Å². The van der Waals surface area contributed by atoms with Crippen molar-refractivity contribution in [3.05, 3.63) is 119 Å². The van der Waals surface area contributed by atoms with E-state index < -0.39 is 18.1 Å². The molecule has 0 saturated carbocycles. The number of amides is 3. The summed E-state index contributed by atoms with van der Waals surface area (Å²) in [5, 5.41) is 8.68. The third kappa shape index (κ3) is 7.68. The number of hydrogen-bond donors (Lipinski definition) is 1. The van der Waals surface area contributed by atoms with Gasteiger partial charge in [-0.25, -0.2) is 19.6 Å². The van der Waals surface area contributed by atoms with Crippen LogP contribution in [-0.4, -0.2) is 40.3 Å². The molecule has 0 aliphatic rings. The summed E-state index contributed by atoms with van der Waals surface area (Å²) >= 11 is 0. The number of hydrazine groups is 1. The summed E-state index contributed by atoms with van der Waals surface area (Å²) in [7, 11) is 1.44. The molecule has 0 aliphatic carbocycles. The minimum Gasteiger partial charge on any atom is -0.443 e. The Morgan fingerprint density at radius 2 is 1.36 bits per heavy atom. The van der Waals surface area contributed by atoms with E-state index in [2.05, 4.69) is 10.5 Å². The third-order valence-corrected chi connectivity index (χ3v) is 5.65. The number of anilines is 1. The maximum atomic E-state index is 13.1. The first-order valence-corrected chi connectivity index (χ1v) is 12.1. The standard InChI is InChI=1S/C29H28N4O6/c1-21-17-26(31-39-21)27(34)30-25-15-13-22(14-16-25)18-33(29(36)38-20-24-11-7-4-8-12-24)32(2)28(35)37-19-23-9-5-3-6-10-23/h3-17H,18-20H2,1-2H3,(H,30,34). The molecule has 10 heteroatoms. The summed E-state index contributed by atoms with van der Waals surface area (Å²) in [5.41, 5.74) is 3.00. The quantitative estimate of drug-likeness (QED) is 0.298. The SMILES string of the molecule is Cc1cc(C(=O)Nc2ccc(CN(C(=O)OCc3ccccc3)N(C)C(=O)OCc3ccccc3)cc2)no1. The average Bonchev–Trinajstić information content (AvgIpc) is 3.41. The molecule has 4 aromatic rings. The van der Waals surface area contributed by atoms with Gasteiger partial charge in [0.05, 0.1) is 6.54 Å². The fourth-order valence-electron chi connectivity index (χ4n) is 3.53. The molecule has 0 saturated heterocycles. The summed E-state index contributed by atoms with van der Waals surface area (Å²) in [5.74, 6) is 0.118.